The second kappa shape index (κ2) is 7.71. The summed E-state index contributed by atoms with van der Waals surface area (Å²) in [7, 11) is 0. The van der Waals surface area contributed by atoms with Crippen molar-refractivity contribution in [1.82, 2.24) is 4.90 Å². The van der Waals surface area contributed by atoms with Crippen molar-refractivity contribution in [2.45, 2.75) is 13.8 Å². The van der Waals surface area contributed by atoms with E-state index in [1.165, 1.54) is 0 Å². The molecule has 0 unspecified atom stereocenters. The van der Waals surface area contributed by atoms with Crippen LogP contribution < -0.4 is 10.6 Å². The Morgan fingerprint density at radius 2 is 1.32 bits per heavy atom. The fraction of sp³-hybridized carbons (Fsp3) is 0.278. The van der Waals surface area contributed by atoms with Gasteiger partial charge in [0.1, 0.15) is 0 Å². The molecule has 0 atom stereocenters. The lowest BCUT2D eigenvalue weighted by atomic mass is 10.4. The average molecular weight is 331 g/mol. The van der Waals surface area contributed by atoms with Gasteiger partial charge in [-0.2, -0.15) is 0 Å². The molecule has 116 valence electrons. The van der Waals surface area contributed by atoms with Gasteiger partial charge in [0.05, 0.1) is 6.16 Å². The van der Waals surface area contributed by atoms with Crippen LogP contribution in [-0.4, -0.2) is 30.1 Å². The highest BCUT2D eigenvalue weighted by atomic mass is 32.4. The maximum absolute atomic E-state index is 12.7. The maximum Gasteiger partial charge on any atom is 0.228 e. The molecule has 0 N–H and O–H groups in total. The van der Waals surface area contributed by atoms with Gasteiger partial charge < -0.3 is 4.90 Å². The third kappa shape index (κ3) is 3.66. The summed E-state index contributed by atoms with van der Waals surface area (Å²) in [4.78, 5) is 14.5. The average Bonchev–Trinajstić information content (AvgIpc) is 2.57. The summed E-state index contributed by atoms with van der Waals surface area (Å²) in [5.74, 6) is 0.154. The van der Waals surface area contributed by atoms with E-state index in [1.54, 1.807) is 0 Å². The van der Waals surface area contributed by atoms with E-state index in [2.05, 4.69) is 24.3 Å². The third-order valence-corrected chi connectivity index (χ3v) is 8.45. The Kier molecular flexibility index (Phi) is 5.93. The summed E-state index contributed by atoms with van der Waals surface area (Å²) in [6, 6.07) is 18.1. The first-order valence-electron chi connectivity index (χ1n) is 7.60. The van der Waals surface area contributed by atoms with Crippen molar-refractivity contribution in [2.24, 2.45) is 0 Å². The van der Waals surface area contributed by atoms with E-state index in [0.717, 1.165) is 23.7 Å². The van der Waals surface area contributed by atoms with Crippen molar-refractivity contribution in [3.8, 4) is 0 Å². The Morgan fingerprint density at radius 1 is 0.909 bits per heavy atom. The molecule has 0 aliphatic heterocycles. The molecule has 0 bridgehead atoms. The lowest BCUT2D eigenvalue weighted by Crippen LogP contribution is -2.35. The van der Waals surface area contributed by atoms with E-state index in [4.69, 9.17) is 11.8 Å². The molecule has 22 heavy (non-hydrogen) atoms. The van der Waals surface area contributed by atoms with E-state index < -0.39 is 6.04 Å². The maximum atomic E-state index is 12.7. The molecule has 4 heteroatoms. The largest absolute Gasteiger partial charge is 0.343 e. The van der Waals surface area contributed by atoms with E-state index in [1.807, 2.05) is 55.1 Å². The number of rotatable bonds is 6. The first-order valence-corrected chi connectivity index (χ1v) is 10.6. The minimum absolute atomic E-state index is 0.154. The highest BCUT2D eigenvalue weighted by molar-refractivity contribution is 8.22. The molecule has 0 aromatic heterocycles. The van der Waals surface area contributed by atoms with Crippen LogP contribution in [0.1, 0.15) is 13.8 Å². The van der Waals surface area contributed by atoms with Gasteiger partial charge in [0.2, 0.25) is 5.91 Å². The Balaban J connectivity index is 2.44. The Bertz CT molecular complexity index is 610. The number of hydrogen-bond acceptors (Lipinski definition) is 2. The molecule has 0 saturated heterocycles. The fourth-order valence-electron chi connectivity index (χ4n) is 2.54. The number of amides is 1. The predicted octanol–water partition coefficient (Wildman–Crippen LogP) is 2.99. The lowest BCUT2D eigenvalue weighted by molar-refractivity contribution is -0.128. The first kappa shape index (κ1) is 16.9. The smallest absolute Gasteiger partial charge is 0.228 e. The third-order valence-electron chi connectivity index (χ3n) is 3.82. The monoisotopic (exact) mass is 331 g/mol. The summed E-state index contributed by atoms with van der Waals surface area (Å²) < 4.78 is 0. The summed E-state index contributed by atoms with van der Waals surface area (Å²) in [5.41, 5.74) is 0. The molecule has 2 rings (SSSR count). The van der Waals surface area contributed by atoms with Gasteiger partial charge in [-0.15, -0.1) is 0 Å². The van der Waals surface area contributed by atoms with Crippen LogP contribution in [0.25, 0.3) is 0 Å². The van der Waals surface area contributed by atoms with Gasteiger partial charge in [-0.3, -0.25) is 4.79 Å². The van der Waals surface area contributed by atoms with E-state index in [9.17, 15) is 4.79 Å². The highest BCUT2D eigenvalue weighted by Gasteiger charge is 2.27. The van der Waals surface area contributed by atoms with E-state index >= 15 is 0 Å². The second-order valence-electron chi connectivity index (χ2n) is 5.13. The van der Waals surface area contributed by atoms with E-state index in [0.29, 0.717) is 6.16 Å². The Labute approximate surface area is 138 Å². The number of carbonyl (C=O) groups excluding carboxylic acids is 1. The number of carbonyl (C=O) groups is 1. The summed E-state index contributed by atoms with van der Waals surface area (Å²) >= 11 is 6.09. The number of hydrogen-bond donors (Lipinski definition) is 0. The molecule has 2 nitrogen and oxygen atoms in total. The molecular formula is C18H22NOPS. The van der Waals surface area contributed by atoms with Gasteiger partial charge in [0, 0.05) is 19.1 Å². The predicted molar refractivity (Wildman–Crippen MR) is 99.2 cm³/mol. The van der Waals surface area contributed by atoms with Gasteiger partial charge in [-0.1, -0.05) is 72.5 Å². The van der Waals surface area contributed by atoms with Crippen molar-refractivity contribution in [2.75, 3.05) is 19.3 Å². The summed E-state index contributed by atoms with van der Waals surface area (Å²) in [6.07, 6.45) is 0.415. The van der Waals surface area contributed by atoms with Crippen molar-refractivity contribution in [3.63, 3.8) is 0 Å². The van der Waals surface area contributed by atoms with Gasteiger partial charge in [0.15, 0.2) is 0 Å². The van der Waals surface area contributed by atoms with Crippen molar-refractivity contribution < 1.29 is 4.79 Å². The van der Waals surface area contributed by atoms with Gasteiger partial charge in [0.25, 0.3) is 0 Å². The first-order chi connectivity index (χ1) is 10.6. The molecule has 0 fully saturated rings. The SMILES string of the molecule is CCN(CC)C(=O)CP(=S)(c1ccccc1)c1ccccc1. The Morgan fingerprint density at radius 3 is 1.68 bits per heavy atom. The zero-order chi connectivity index (χ0) is 16.0. The summed E-state index contributed by atoms with van der Waals surface area (Å²) in [5, 5.41) is 2.22. The zero-order valence-corrected chi connectivity index (χ0v) is 14.8. The number of benzene rings is 2. The minimum Gasteiger partial charge on any atom is -0.343 e. The molecule has 0 aliphatic carbocycles. The lowest BCUT2D eigenvalue weighted by Gasteiger charge is -2.26. The van der Waals surface area contributed by atoms with Crippen LogP contribution in [0.4, 0.5) is 0 Å². The van der Waals surface area contributed by atoms with Crippen LogP contribution >= 0.6 is 6.04 Å². The van der Waals surface area contributed by atoms with Crippen molar-refractivity contribution in [1.29, 1.82) is 0 Å². The van der Waals surface area contributed by atoms with Crippen LogP contribution in [0, 0.1) is 0 Å². The van der Waals surface area contributed by atoms with Crippen LogP contribution in [0.5, 0.6) is 0 Å². The molecule has 0 saturated carbocycles. The summed E-state index contributed by atoms with van der Waals surface area (Å²) in [6.45, 7) is 5.48. The van der Waals surface area contributed by atoms with Gasteiger partial charge in [-0.25, -0.2) is 0 Å². The fourth-order valence-corrected chi connectivity index (χ4v) is 6.15. The minimum atomic E-state index is -2.12. The van der Waals surface area contributed by atoms with Gasteiger partial charge in [-0.05, 0) is 24.5 Å². The molecule has 0 radical (unpaired) electrons. The Hall–Kier alpha value is -1.44. The van der Waals surface area contributed by atoms with Crippen molar-refractivity contribution >= 4 is 34.4 Å². The molecule has 0 spiro atoms. The van der Waals surface area contributed by atoms with Crippen LogP contribution in [-0.2, 0) is 16.6 Å². The molecular weight excluding hydrogens is 309 g/mol. The zero-order valence-electron chi connectivity index (χ0n) is 13.1. The highest BCUT2D eigenvalue weighted by Crippen LogP contribution is 2.43. The molecule has 1 amide bonds. The normalized spacial score (nSPS) is 11.2. The van der Waals surface area contributed by atoms with Crippen LogP contribution in [0.3, 0.4) is 0 Å². The molecule has 0 heterocycles. The topological polar surface area (TPSA) is 20.3 Å². The standard InChI is InChI=1S/C18H22NOPS/c1-3-19(4-2)18(20)15-21(22,16-11-7-5-8-12-16)17-13-9-6-10-14-17/h5-14H,3-4,15H2,1-2H3. The second-order valence-corrected chi connectivity index (χ2v) is 9.83. The molecule has 0 aliphatic rings. The number of nitrogens with zero attached hydrogens (tertiary/aromatic N) is 1. The van der Waals surface area contributed by atoms with E-state index in [-0.39, 0.29) is 5.91 Å². The van der Waals surface area contributed by atoms with Crippen molar-refractivity contribution in [3.05, 3.63) is 60.7 Å². The van der Waals surface area contributed by atoms with Crippen LogP contribution in [0.2, 0.25) is 0 Å². The van der Waals surface area contributed by atoms with Crippen LogP contribution in [0.15, 0.2) is 60.7 Å². The quantitative estimate of drug-likeness (QED) is 0.759. The molecule has 2 aromatic rings. The van der Waals surface area contributed by atoms with Gasteiger partial charge >= 0.3 is 0 Å². The molecule has 2 aromatic carbocycles.